The third kappa shape index (κ3) is 4.32. The first-order valence-corrected chi connectivity index (χ1v) is 8.25. The summed E-state index contributed by atoms with van der Waals surface area (Å²) in [5.41, 5.74) is 0.430. The van der Waals surface area contributed by atoms with Crippen LogP contribution in [0.5, 0.6) is 0 Å². The zero-order chi connectivity index (χ0) is 14.3. The number of aliphatic hydroxyl groups is 1. The maximum atomic E-state index is 11.1. The highest BCUT2D eigenvalue weighted by molar-refractivity contribution is 5.22. The summed E-state index contributed by atoms with van der Waals surface area (Å²) >= 11 is 0. The molecule has 0 aliphatic carbocycles. The monoisotopic (exact) mass is 275 g/mol. The molecule has 0 unspecified atom stereocenters. The molecule has 0 spiro atoms. The van der Waals surface area contributed by atoms with E-state index in [0.29, 0.717) is 0 Å². The van der Waals surface area contributed by atoms with Crippen molar-refractivity contribution in [1.82, 2.24) is 4.90 Å². The van der Waals surface area contributed by atoms with E-state index in [4.69, 9.17) is 0 Å². The van der Waals surface area contributed by atoms with E-state index in [0.717, 1.165) is 31.4 Å². The van der Waals surface area contributed by atoms with Gasteiger partial charge in [0.1, 0.15) is 0 Å². The molecule has 0 amide bonds. The molecule has 2 nitrogen and oxygen atoms in total. The molecule has 1 aliphatic heterocycles. The van der Waals surface area contributed by atoms with Crippen LogP contribution in [0, 0.1) is 0 Å². The van der Waals surface area contributed by atoms with Crippen LogP contribution in [0.4, 0.5) is 0 Å². The average molecular weight is 275 g/mol. The first-order chi connectivity index (χ1) is 9.74. The summed E-state index contributed by atoms with van der Waals surface area (Å²) in [4.78, 5) is 2.54. The highest BCUT2D eigenvalue weighted by atomic mass is 16.3. The number of rotatable bonds is 6. The summed E-state index contributed by atoms with van der Waals surface area (Å²) in [6.45, 7) is 5.58. The Morgan fingerprint density at radius 3 is 2.25 bits per heavy atom. The molecule has 0 saturated carbocycles. The van der Waals surface area contributed by atoms with Gasteiger partial charge in [-0.1, -0.05) is 56.5 Å². The van der Waals surface area contributed by atoms with Crippen molar-refractivity contribution >= 4 is 0 Å². The lowest BCUT2D eigenvalue weighted by Gasteiger charge is -2.31. The minimum atomic E-state index is -0.650. The summed E-state index contributed by atoms with van der Waals surface area (Å²) in [7, 11) is 0. The van der Waals surface area contributed by atoms with Crippen molar-refractivity contribution in [2.45, 2.75) is 57.5 Å². The molecule has 2 heteroatoms. The quantitative estimate of drug-likeness (QED) is 0.850. The Labute approximate surface area is 123 Å². The van der Waals surface area contributed by atoms with Crippen LogP contribution in [0.1, 0.15) is 57.4 Å². The Morgan fingerprint density at radius 1 is 1.00 bits per heavy atom. The summed E-state index contributed by atoms with van der Waals surface area (Å²) in [5.74, 6) is 0. The lowest BCUT2D eigenvalue weighted by Crippen LogP contribution is -2.34. The molecule has 2 rings (SSSR count). The predicted octanol–water partition coefficient (Wildman–Crippen LogP) is 3.94. The first-order valence-electron chi connectivity index (χ1n) is 8.25. The maximum Gasteiger partial charge on any atom is 0.0908 e. The number of likely N-dealkylation sites (tertiary alicyclic amines) is 1. The molecule has 1 heterocycles. The molecule has 1 N–H and O–H groups in total. The van der Waals surface area contributed by atoms with Crippen LogP contribution in [-0.4, -0.2) is 29.6 Å². The van der Waals surface area contributed by atoms with Gasteiger partial charge in [0, 0.05) is 6.54 Å². The molecule has 112 valence electrons. The van der Waals surface area contributed by atoms with E-state index in [2.05, 4.69) is 24.0 Å². The van der Waals surface area contributed by atoms with Gasteiger partial charge in [-0.3, -0.25) is 0 Å². The van der Waals surface area contributed by atoms with Crippen LogP contribution in [0.3, 0.4) is 0 Å². The molecular formula is C18H29NO. The number of nitrogens with zero attached hydrogens (tertiary/aromatic N) is 1. The van der Waals surface area contributed by atoms with E-state index in [1.54, 1.807) is 0 Å². The number of hydrogen-bond acceptors (Lipinski definition) is 2. The van der Waals surface area contributed by atoms with Crippen LogP contribution in [0.2, 0.25) is 0 Å². The van der Waals surface area contributed by atoms with E-state index in [1.165, 1.54) is 38.8 Å². The van der Waals surface area contributed by atoms with Gasteiger partial charge >= 0.3 is 0 Å². The molecule has 1 atom stereocenters. The van der Waals surface area contributed by atoms with Gasteiger partial charge in [-0.15, -0.1) is 0 Å². The van der Waals surface area contributed by atoms with Gasteiger partial charge in [-0.2, -0.15) is 0 Å². The van der Waals surface area contributed by atoms with Crippen LogP contribution >= 0.6 is 0 Å². The summed E-state index contributed by atoms with van der Waals surface area (Å²) < 4.78 is 0. The molecular weight excluding hydrogens is 246 g/mol. The summed E-state index contributed by atoms with van der Waals surface area (Å²) in [5, 5.41) is 11.1. The van der Waals surface area contributed by atoms with Gasteiger partial charge in [0.2, 0.25) is 0 Å². The van der Waals surface area contributed by atoms with Gasteiger partial charge in [-0.05, 0) is 44.3 Å². The van der Waals surface area contributed by atoms with Gasteiger partial charge in [-0.25, -0.2) is 0 Å². The van der Waals surface area contributed by atoms with Crippen LogP contribution in [-0.2, 0) is 5.60 Å². The van der Waals surface area contributed by atoms with Crippen molar-refractivity contribution < 1.29 is 5.11 Å². The van der Waals surface area contributed by atoms with Gasteiger partial charge < -0.3 is 10.0 Å². The van der Waals surface area contributed by atoms with Crippen molar-refractivity contribution in [1.29, 1.82) is 0 Å². The van der Waals surface area contributed by atoms with Gasteiger partial charge in [0.05, 0.1) is 5.60 Å². The zero-order valence-corrected chi connectivity index (χ0v) is 12.9. The second kappa shape index (κ2) is 7.80. The van der Waals surface area contributed by atoms with E-state index in [1.807, 2.05) is 18.2 Å². The number of benzene rings is 1. The molecule has 1 fully saturated rings. The Kier molecular flexibility index (Phi) is 6.06. The van der Waals surface area contributed by atoms with Crippen molar-refractivity contribution in [3.63, 3.8) is 0 Å². The van der Waals surface area contributed by atoms with Crippen LogP contribution in [0.15, 0.2) is 30.3 Å². The normalized spacial score (nSPS) is 20.3. The number of hydrogen-bond donors (Lipinski definition) is 1. The summed E-state index contributed by atoms with van der Waals surface area (Å²) in [6.07, 6.45) is 8.10. The third-order valence-electron chi connectivity index (χ3n) is 4.52. The van der Waals surface area contributed by atoms with Crippen molar-refractivity contribution in [3.05, 3.63) is 35.9 Å². The van der Waals surface area contributed by atoms with Crippen molar-refractivity contribution in [2.75, 3.05) is 19.6 Å². The standard InChI is InChI=1S/C18H29NO/c1-2-12-18(20,17-10-6-5-7-11-17)13-16-19-14-8-3-4-9-15-19/h5-7,10-11,20H,2-4,8-9,12-16H2,1H3/t18-/m0/s1. The maximum absolute atomic E-state index is 11.1. The fourth-order valence-corrected chi connectivity index (χ4v) is 3.28. The molecule has 1 aromatic rings. The van der Waals surface area contributed by atoms with E-state index >= 15 is 0 Å². The molecule has 1 aliphatic rings. The fourth-order valence-electron chi connectivity index (χ4n) is 3.28. The van der Waals surface area contributed by atoms with Crippen molar-refractivity contribution in [2.24, 2.45) is 0 Å². The largest absolute Gasteiger partial charge is 0.385 e. The molecule has 1 aromatic carbocycles. The molecule has 20 heavy (non-hydrogen) atoms. The van der Waals surface area contributed by atoms with E-state index in [9.17, 15) is 5.11 Å². The van der Waals surface area contributed by atoms with Gasteiger partial charge in [0.15, 0.2) is 0 Å². The lowest BCUT2D eigenvalue weighted by molar-refractivity contribution is 0.00826. The second-order valence-electron chi connectivity index (χ2n) is 6.15. The highest BCUT2D eigenvalue weighted by Gasteiger charge is 2.28. The fraction of sp³-hybridized carbons (Fsp3) is 0.667. The molecule has 1 saturated heterocycles. The average Bonchev–Trinajstić information content (AvgIpc) is 2.75. The van der Waals surface area contributed by atoms with E-state index < -0.39 is 5.60 Å². The molecule has 0 radical (unpaired) electrons. The minimum absolute atomic E-state index is 0.650. The van der Waals surface area contributed by atoms with Crippen LogP contribution in [0.25, 0.3) is 0 Å². The SMILES string of the molecule is CCC[C@](O)(CCN1CCCCCC1)c1ccccc1. The Balaban J connectivity index is 1.97. The summed E-state index contributed by atoms with van der Waals surface area (Å²) in [6, 6.07) is 10.2. The Hall–Kier alpha value is -0.860. The Morgan fingerprint density at radius 2 is 1.65 bits per heavy atom. The highest BCUT2D eigenvalue weighted by Crippen LogP contribution is 2.30. The first kappa shape index (κ1) is 15.5. The second-order valence-corrected chi connectivity index (χ2v) is 6.15. The predicted molar refractivity (Wildman–Crippen MR) is 84.8 cm³/mol. The van der Waals surface area contributed by atoms with Gasteiger partial charge in [0.25, 0.3) is 0 Å². The minimum Gasteiger partial charge on any atom is -0.385 e. The zero-order valence-electron chi connectivity index (χ0n) is 12.9. The molecule has 0 bridgehead atoms. The van der Waals surface area contributed by atoms with E-state index in [-0.39, 0.29) is 0 Å². The van der Waals surface area contributed by atoms with Crippen molar-refractivity contribution in [3.8, 4) is 0 Å². The van der Waals surface area contributed by atoms with Crippen LogP contribution < -0.4 is 0 Å². The topological polar surface area (TPSA) is 23.5 Å². The Bertz CT molecular complexity index is 370. The third-order valence-corrected chi connectivity index (χ3v) is 4.52. The lowest BCUT2D eigenvalue weighted by atomic mass is 9.86. The smallest absolute Gasteiger partial charge is 0.0908 e. The molecule has 0 aromatic heterocycles.